The average Bonchev–Trinajstić information content (AvgIpc) is 2.16. The number of nitrogens with two attached hydrogens (primary N) is 1. The summed E-state index contributed by atoms with van der Waals surface area (Å²) in [5, 5.41) is 0.345. The van der Waals surface area contributed by atoms with Crippen molar-refractivity contribution in [3.63, 3.8) is 0 Å². The minimum Gasteiger partial charge on any atom is -0.496 e. The van der Waals surface area contributed by atoms with Gasteiger partial charge >= 0.3 is 0 Å². The maximum absolute atomic E-state index is 13.3. The summed E-state index contributed by atoms with van der Waals surface area (Å²) in [6.45, 7) is -0.0971. The Morgan fingerprint density at radius 1 is 1.57 bits per heavy atom. The summed E-state index contributed by atoms with van der Waals surface area (Å²) in [6.07, 6.45) is -1.27. The fourth-order valence-electron chi connectivity index (χ4n) is 1.12. The van der Waals surface area contributed by atoms with Crippen molar-refractivity contribution in [1.29, 1.82) is 0 Å². The Bertz CT molecular complexity index is 296. The van der Waals surface area contributed by atoms with E-state index in [1.165, 1.54) is 7.11 Å². The largest absolute Gasteiger partial charge is 0.496 e. The molecular weight excluding hydrogens is 228 g/mol. The number of benzene rings is 1. The normalized spacial score (nSPS) is 11.7. The van der Waals surface area contributed by atoms with Gasteiger partial charge < -0.3 is 10.5 Å². The van der Waals surface area contributed by atoms with Crippen LogP contribution in [0.15, 0.2) is 18.2 Å². The van der Waals surface area contributed by atoms with E-state index < -0.39 is 6.17 Å². The number of halogens is 3. The van der Waals surface area contributed by atoms with Crippen molar-refractivity contribution in [3.05, 3.63) is 28.8 Å². The van der Waals surface area contributed by atoms with Gasteiger partial charge in [-0.05, 0) is 12.1 Å². The molecule has 0 fully saturated rings. The van der Waals surface area contributed by atoms with Crippen LogP contribution in [0.3, 0.4) is 0 Å². The van der Waals surface area contributed by atoms with Gasteiger partial charge in [0.1, 0.15) is 11.9 Å². The Labute approximate surface area is 93.6 Å². The summed E-state index contributed by atoms with van der Waals surface area (Å²) in [4.78, 5) is 0. The molecule has 0 aromatic heterocycles. The van der Waals surface area contributed by atoms with Crippen LogP contribution in [0.25, 0.3) is 0 Å². The van der Waals surface area contributed by atoms with Crippen molar-refractivity contribution in [2.24, 2.45) is 5.73 Å². The third-order valence-corrected chi connectivity index (χ3v) is 2.08. The Balaban J connectivity index is 0.00000169. The van der Waals surface area contributed by atoms with E-state index in [0.29, 0.717) is 16.3 Å². The van der Waals surface area contributed by atoms with Crippen LogP contribution in [0.4, 0.5) is 4.39 Å². The Kier molecular flexibility index (Phi) is 5.84. The van der Waals surface area contributed by atoms with Crippen LogP contribution in [0, 0.1) is 0 Å². The summed E-state index contributed by atoms with van der Waals surface area (Å²) in [5.41, 5.74) is 5.54. The molecule has 1 aromatic carbocycles. The van der Waals surface area contributed by atoms with Gasteiger partial charge in [0.05, 0.1) is 12.1 Å². The molecule has 1 unspecified atom stereocenters. The predicted octanol–water partition coefficient (Wildman–Crippen LogP) is 2.74. The lowest BCUT2D eigenvalue weighted by Crippen LogP contribution is -2.09. The number of ether oxygens (including phenoxy) is 1. The number of rotatable bonds is 3. The van der Waals surface area contributed by atoms with E-state index in [1.807, 2.05) is 0 Å². The van der Waals surface area contributed by atoms with Crippen molar-refractivity contribution in [2.45, 2.75) is 6.17 Å². The Morgan fingerprint density at radius 2 is 2.21 bits per heavy atom. The Hall–Kier alpha value is -0.510. The summed E-state index contributed by atoms with van der Waals surface area (Å²) >= 11 is 5.81. The zero-order valence-electron chi connectivity index (χ0n) is 7.67. The maximum atomic E-state index is 13.3. The van der Waals surface area contributed by atoms with Crippen LogP contribution in [0.1, 0.15) is 11.7 Å². The van der Waals surface area contributed by atoms with Gasteiger partial charge in [0.2, 0.25) is 0 Å². The number of hydrogen-bond acceptors (Lipinski definition) is 2. The fraction of sp³-hybridized carbons (Fsp3) is 0.333. The molecule has 0 radical (unpaired) electrons. The minimum absolute atomic E-state index is 0. The van der Waals surface area contributed by atoms with E-state index in [1.54, 1.807) is 18.2 Å². The van der Waals surface area contributed by atoms with Crippen LogP contribution in [-0.2, 0) is 0 Å². The van der Waals surface area contributed by atoms with Gasteiger partial charge in [-0.3, -0.25) is 0 Å². The van der Waals surface area contributed by atoms with Gasteiger partial charge in [0.15, 0.2) is 0 Å². The highest BCUT2D eigenvalue weighted by Gasteiger charge is 2.16. The molecule has 14 heavy (non-hydrogen) atoms. The first-order chi connectivity index (χ1) is 6.20. The third kappa shape index (κ3) is 2.74. The molecule has 0 aliphatic carbocycles. The first kappa shape index (κ1) is 13.5. The highest BCUT2D eigenvalue weighted by Crippen LogP contribution is 2.33. The lowest BCUT2D eigenvalue weighted by Gasteiger charge is -2.12. The van der Waals surface area contributed by atoms with Gasteiger partial charge in [-0.2, -0.15) is 0 Å². The van der Waals surface area contributed by atoms with E-state index in [-0.39, 0.29) is 19.0 Å². The highest BCUT2D eigenvalue weighted by atomic mass is 35.5. The van der Waals surface area contributed by atoms with E-state index in [4.69, 9.17) is 22.1 Å². The molecule has 1 rings (SSSR count). The van der Waals surface area contributed by atoms with Gasteiger partial charge in [0, 0.05) is 12.1 Å². The molecule has 0 aliphatic heterocycles. The van der Waals surface area contributed by atoms with Crippen LogP contribution in [0.2, 0.25) is 5.02 Å². The molecule has 0 amide bonds. The van der Waals surface area contributed by atoms with Crippen molar-refractivity contribution in [3.8, 4) is 5.75 Å². The highest BCUT2D eigenvalue weighted by molar-refractivity contribution is 6.31. The zero-order chi connectivity index (χ0) is 9.84. The first-order valence-corrected chi connectivity index (χ1v) is 4.25. The monoisotopic (exact) mass is 239 g/mol. The van der Waals surface area contributed by atoms with E-state index in [9.17, 15) is 4.39 Å². The second-order valence-corrected chi connectivity index (χ2v) is 2.97. The zero-order valence-corrected chi connectivity index (χ0v) is 9.24. The summed E-state index contributed by atoms with van der Waals surface area (Å²) in [7, 11) is 1.47. The molecule has 0 spiro atoms. The Morgan fingerprint density at radius 3 is 2.71 bits per heavy atom. The molecule has 0 heterocycles. The summed E-state index contributed by atoms with van der Waals surface area (Å²) < 4.78 is 18.3. The maximum Gasteiger partial charge on any atom is 0.142 e. The summed E-state index contributed by atoms with van der Waals surface area (Å²) in [5.74, 6) is 0.436. The molecule has 5 heteroatoms. The van der Waals surface area contributed by atoms with E-state index in [2.05, 4.69) is 0 Å². The SMILES string of the molecule is COc1cccc(Cl)c1C(F)CN.Cl. The van der Waals surface area contributed by atoms with E-state index >= 15 is 0 Å². The molecule has 0 bridgehead atoms. The first-order valence-electron chi connectivity index (χ1n) is 3.87. The van der Waals surface area contributed by atoms with Crippen LogP contribution in [-0.4, -0.2) is 13.7 Å². The smallest absolute Gasteiger partial charge is 0.142 e. The van der Waals surface area contributed by atoms with E-state index in [0.717, 1.165) is 0 Å². The fourth-order valence-corrected chi connectivity index (χ4v) is 1.40. The van der Waals surface area contributed by atoms with Gasteiger partial charge in [-0.15, -0.1) is 12.4 Å². The third-order valence-electron chi connectivity index (χ3n) is 1.75. The van der Waals surface area contributed by atoms with Crippen molar-refractivity contribution in [1.82, 2.24) is 0 Å². The quantitative estimate of drug-likeness (QED) is 0.881. The van der Waals surface area contributed by atoms with Crippen LogP contribution < -0.4 is 10.5 Å². The predicted molar refractivity (Wildman–Crippen MR) is 58.2 cm³/mol. The van der Waals surface area contributed by atoms with Gasteiger partial charge in [0.25, 0.3) is 0 Å². The van der Waals surface area contributed by atoms with Crippen molar-refractivity contribution in [2.75, 3.05) is 13.7 Å². The number of hydrogen-bond donors (Lipinski definition) is 1. The average molecular weight is 240 g/mol. The lowest BCUT2D eigenvalue weighted by molar-refractivity contribution is 0.331. The van der Waals surface area contributed by atoms with Gasteiger partial charge in [-0.1, -0.05) is 17.7 Å². The molecule has 1 atom stereocenters. The van der Waals surface area contributed by atoms with Crippen molar-refractivity contribution >= 4 is 24.0 Å². The molecule has 80 valence electrons. The topological polar surface area (TPSA) is 35.2 Å². The second kappa shape index (κ2) is 6.06. The summed E-state index contributed by atoms with van der Waals surface area (Å²) in [6, 6.07) is 4.97. The molecule has 0 saturated carbocycles. The molecule has 0 aliphatic rings. The number of alkyl halides is 1. The lowest BCUT2D eigenvalue weighted by atomic mass is 10.1. The van der Waals surface area contributed by atoms with Crippen molar-refractivity contribution < 1.29 is 9.13 Å². The van der Waals surface area contributed by atoms with Gasteiger partial charge in [-0.25, -0.2) is 4.39 Å². The molecule has 0 saturated heterocycles. The minimum atomic E-state index is -1.27. The van der Waals surface area contributed by atoms with Crippen LogP contribution in [0.5, 0.6) is 5.75 Å². The molecule has 2 nitrogen and oxygen atoms in total. The standard InChI is InChI=1S/C9H11ClFNO.ClH/c1-13-8-4-2-3-6(10)9(8)7(11)5-12;/h2-4,7H,5,12H2,1H3;1H. The number of methoxy groups -OCH3 is 1. The van der Waals surface area contributed by atoms with Crippen LogP contribution >= 0.6 is 24.0 Å². The molecular formula is C9H12Cl2FNO. The second-order valence-electron chi connectivity index (χ2n) is 2.56. The molecule has 2 N–H and O–H groups in total. The molecule has 1 aromatic rings.